The summed E-state index contributed by atoms with van der Waals surface area (Å²) < 4.78 is 36.1. The molecule has 0 unspecified atom stereocenters. The van der Waals surface area contributed by atoms with Crippen molar-refractivity contribution in [1.82, 2.24) is 10.2 Å². The third-order valence-electron chi connectivity index (χ3n) is 1.39. The van der Waals surface area contributed by atoms with Crippen LogP contribution in [0.2, 0.25) is 0 Å². The van der Waals surface area contributed by atoms with Gasteiger partial charge in [-0.3, -0.25) is 9.89 Å². The number of rotatable bonds is 2. The Bertz CT molecular complexity index is 365. The van der Waals surface area contributed by atoms with Crippen LogP contribution >= 0.6 is 0 Å². The Morgan fingerprint density at radius 2 is 2.21 bits per heavy atom. The van der Waals surface area contributed by atoms with Gasteiger partial charge in [-0.05, 0) is 25.1 Å². The molecular formula is C8H7F3N2O. The highest BCUT2D eigenvalue weighted by atomic mass is 19.4. The Balaban J connectivity index is 2.84. The number of aromatic amines is 1. The van der Waals surface area contributed by atoms with Gasteiger partial charge in [0.05, 0.1) is 5.69 Å². The van der Waals surface area contributed by atoms with Gasteiger partial charge < -0.3 is 0 Å². The Morgan fingerprint density at radius 3 is 2.64 bits per heavy atom. The van der Waals surface area contributed by atoms with Crippen LogP contribution in [-0.2, 0) is 11.0 Å². The van der Waals surface area contributed by atoms with Crippen molar-refractivity contribution in [3.8, 4) is 0 Å². The SMILES string of the molecule is CC(=O)/C=C/c1cc(C(F)(F)F)[nH]n1. The molecule has 0 fully saturated rings. The molecule has 1 rings (SSSR count). The molecule has 0 spiro atoms. The zero-order valence-corrected chi connectivity index (χ0v) is 7.22. The summed E-state index contributed by atoms with van der Waals surface area (Å²) in [6.07, 6.45) is -2.07. The third-order valence-corrected chi connectivity index (χ3v) is 1.39. The van der Waals surface area contributed by atoms with Crippen molar-refractivity contribution in [2.45, 2.75) is 13.1 Å². The minimum atomic E-state index is -4.44. The summed E-state index contributed by atoms with van der Waals surface area (Å²) in [6, 6.07) is 0.833. The van der Waals surface area contributed by atoms with E-state index in [4.69, 9.17) is 0 Å². The van der Waals surface area contributed by atoms with Crippen LogP contribution in [-0.4, -0.2) is 16.0 Å². The number of carbonyl (C=O) groups is 1. The van der Waals surface area contributed by atoms with Crippen LogP contribution in [0.3, 0.4) is 0 Å². The lowest BCUT2D eigenvalue weighted by Gasteiger charge is -1.99. The molecule has 76 valence electrons. The molecule has 0 aliphatic heterocycles. The zero-order valence-electron chi connectivity index (χ0n) is 7.22. The van der Waals surface area contributed by atoms with Crippen LogP contribution in [0.15, 0.2) is 12.1 Å². The fraction of sp³-hybridized carbons (Fsp3) is 0.250. The summed E-state index contributed by atoms with van der Waals surface area (Å²) in [4.78, 5) is 10.5. The van der Waals surface area contributed by atoms with Gasteiger partial charge in [0.25, 0.3) is 0 Å². The molecule has 0 atom stereocenters. The lowest BCUT2D eigenvalue weighted by molar-refractivity contribution is -0.141. The Labute approximate surface area is 77.6 Å². The zero-order chi connectivity index (χ0) is 10.8. The van der Waals surface area contributed by atoms with E-state index in [9.17, 15) is 18.0 Å². The topological polar surface area (TPSA) is 45.8 Å². The second kappa shape index (κ2) is 3.65. The van der Waals surface area contributed by atoms with Gasteiger partial charge in [-0.1, -0.05) is 0 Å². The Hall–Kier alpha value is -1.59. The van der Waals surface area contributed by atoms with Gasteiger partial charge in [0.15, 0.2) is 5.78 Å². The van der Waals surface area contributed by atoms with Crippen molar-refractivity contribution in [3.63, 3.8) is 0 Å². The number of alkyl halides is 3. The predicted molar refractivity (Wildman–Crippen MR) is 43.3 cm³/mol. The quantitative estimate of drug-likeness (QED) is 0.749. The molecular weight excluding hydrogens is 197 g/mol. The normalized spacial score (nSPS) is 12.3. The molecule has 14 heavy (non-hydrogen) atoms. The Morgan fingerprint density at radius 1 is 1.57 bits per heavy atom. The van der Waals surface area contributed by atoms with Crippen molar-refractivity contribution in [2.24, 2.45) is 0 Å². The monoisotopic (exact) mass is 204 g/mol. The average Bonchev–Trinajstić information content (AvgIpc) is 2.47. The van der Waals surface area contributed by atoms with Crippen molar-refractivity contribution in [2.75, 3.05) is 0 Å². The van der Waals surface area contributed by atoms with E-state index in [0.717, 1.165) is 12.1 Å². The molecule has 0 saturated heterocycles. The van der Waals surface area contributed by atoms with Crippen LogP contribution in [0.5, 0.6) is 0 Å². The second-order valence-corrected chi connectivity index (χ2v) is 2.65. The van der Waals surface area contributed by atoms with E-state index in [-0.39, 0.29) is 11.5 Å². The van der Waals surface area contributed by atoms with Gasteiger partial charge in [-0.25, -0.2) is 0 Å². The molecule has 1 heterocycles. The van der Waals surface area contributed by atoms with Crippen molar-refractivity contribution < 1.29 is 18.0 Å². The van der Waals surface area contributed by atoms with Gasteiger partial charge in [0, 0.05) is 0 Å². The van der Waals surface area contributed by atoms with Gasteiger partial charge in [0.2, 0.25) is 0 Å². The number of allylic oxidation sites excluding steroid dienone is 1. The van der Waals surface area contributed by atoms with Crippen LogP contribution in [0.4, 0.5) is 13.2 Å². The lowest BCUT2D eigenvalue weighted by Crippen LogP contribution is -2.04. The molecule has 0 amide bonds. The number of hydrogen-bond acceptors (Lipinski definition) is 2. The van der Waals surface area contributed by atoms with E-state index in [1.54, 1.807) is 0 Å². The molecule has 1 aromatic heterocycles. The summed E-state index contributed by atoms with van der Waals surface area (Å²) in [5.41, 5.74) is -0.853. The molecule has 3 nitrogen and oxygen atoms in total. The third kappa shape index (κ3) is 2.72. The molecule has 0 radical (unpaired) electrons. The first-order valence-electron chi connectivity index (χ1n) is 3.71. The summed E-state index contributed by atoms with van der Waals surface area (Å²) in [7, 11) is 0. The Kier molecular flexibility index (Phi) is 2.73. The van der Waals surface area contributed by atoms with Crippen LogP contribution < -0.4 is 0 Å². The molecule has 0 aromatic carbocycles. The molecule has 6 heteroatoms. The first-order chi connectivity index (χ1) is 6.39. The maximum absolute atomic E-state index is 12.0. The van der Waals surface area contributed by atoms with Crippen LogP contribution in [0.25, 0.3) is 6.08 Å². The highest BCUT2D eigenvalue weighted by Gasteiger charge is 2.32. The number of ketones is 1. The highest BCUT2D eigenvalue weighted by molar-refractivity contribution is 5.91. The lowest BCUT2D eigenvalue weighted by atomic mass is 10.3. The van der Waals surface area contributed by atoms with Gasteiger partial charge in [-0.15, -0.1) is 0 Å². The van der Waals surface area contributed by atoms with Crippen LogP contribution in [0, 0.1) is 0 Å². The summed E-state index contributed by atoms with van der Waals surface area (Å²) in [5, 5.41) is 5.20. The van der Waals surface area contributed by atoms with Crippen molar-refractivity contribution >= 4 is 11.9 Å². The van der Waals surface area contributed by atoms with Gasteiger partial charge in [-0.2, -0.15) is 18.3 Å². The van der Waals surface area contributed by atoms with E-state index >= 15 is 0 Å². The maximum atomic E-state index is 12.0. The summed E-state index contributed by atoms with van der Waals surface area (Å²) >= 11 is 0. The number of aromatic nitrogens is 2. The van der Waals surface area contributed by atoms with E-state index < -0.39 is 11.9 Å². The maximum Gasteiger partial charge on any atom is 0.432 e. The molecule has 0 bridgehead atoms. The fourth-order valence-electron chi connectivity index (χ4n) is 0.771. The smallest absolute Gasteiger partial charge is 0.295 e. The number of hydrogen-bond donors (Lipinski definition) is 1. The summed E-state index contributed by atoms with van der Waals surface area (Å²) in [6.45, 7) is 1.30. The average molecular weight is 204 g/mol. The minimum absolute atomic E-state index is 0.0764. The molecule has 1 N–H and O–H groups in total. The predicted octanol–water partition coefficient (Wildman–Crippen LogP) is 2.03. The van der Waals surface area contributed by atoms with E-state index in [1.165, 1.54) is 13.0 Å². The van der Waals surface area contributed by atoms with E-state index in [1.807, 2.05) is 5.10 Å². The largest absolute Gasteiger partial charge is 0.432 e. The van der Waals surface area contributed by atoms with Crippen LogP contribution in [0.1, 0.15) is 18.3 Å². The number of halogens is 3. The number of H-pyrrole nitrogens is 1. The molecule has 1 aromatic rings. The van der Waals surface area contributed by atoms with E-state index in [0.29, 0.717) is 0 Å². The van der Waals surface area contributed by atoms with Crippen molar-refractivity contribution in [1.29, 1.82) is 0 Å². The van der Waals surface area contributed by atoms with Gasteiger partial charge >= 0.3 is 6.18 Å². The van der Waals surface area contributed by atoms with Gasteiger partial charge in [0.1, 0.15) is 5.69 Å². The number of nitrogens with one attached hydrogen (secondary N) is 1. The number of carbonyl (C=O) groups excluding carboxylic acids is 1. The summed E-state index contributed by atoms with van der Waals surface area (Å²) in [5.74, 6) is -0.249. The standard InChI is InChI=1S/C8H7F3N2O/c1-5(14)2-3-6-4-7(13-12-6)8(9,10)11/h2-4H,1H3,(H,12,13)/b3-2+. The first-order valence-corrected chi connectivity index (χ1v) is 3.71. The minimum Gasteiger partial charge on any atom is -0.295 e. The highest BCUT2D eigenvalue weighted by Crippen LogP contribution is 2.27. The number of nitrogens with zero attached hydrogens (tertiary/aromatic N) is 1. The van der Waals surface area contributed by atoms with Crippen molar-refractivity contribution in [3.05, 3.63) is 23.5 Å². The molecule has 0 aliphatic carbocycles. The molecule has 0 saturated carbocycles. The molecule has 0 aliphatic rings. The van der Waals surface area contributed by atoms with E-state index in [2.05, 4.69) is 5.10 Å². The second-order valence-electron chi connectivity index (χ2n) is 2.65. The fourth-order valence-corrected chi connectivity index (χ4v) is 0.771. The first kappa shape index (κ1) is 10.5.